The quantitative estimate of drug-likeness (QED) is 0.576. The molecule has 1 heterocycles. The Balaban J connectivity index is 1.83. The molecule has 0 atom stereocenters. The minimum Gasteiger partial charge on any atom is -0.497 e. The van der Waals surface area contributed by atoms with Crippen molar-refractivity contribution in [3.63, 3.8) is 0 Å². The van der Waals surface area contributed by atoms with Crippen LogP contribution >= 0.6 is 0 Å². The van der Waals surface area contributed by atoms with Crippen LogP contribution < -0.4 is 10.1 Å². The van der Waals surface area contributed by atoms with Crippen molar-refractivity contribution in [2.24, 2.45) is 10.9 Å². The van der Waals surface area contributed by atoms with E-state index in [2.05, 4.69) is 25.2 Å². The average Bonchev–Trinajstić information content (AvgIpc) is 2.73. The standard InChI is InChI=1S/C26H32N2O3/c1-6-17(7-2)25(30)27-20-10-8-9-18(13-20)24(29)15-23-22-14-21(31-5)12-11-19(22)16-26(3,4)28-23/h8-14,17H,6-7,15-16H2,1-5H3,(H,27,30). The lowest BCUT2D eigenvalue weighted by molar-refractivity contribution is -0.120. The van der Waals surface area contributed by atoms with Crippen LogP contribution in [0.4, 0.5) is 5.69 Å². The Morgan fingerprint density at radius 2 is 1.87 bits per heavy atom. The maximum Gasteiger partial charge on any atom is 0.227 e. The summed E-state index contributed by atoms with van der Waals surface area (Å²) in [6.45, 7) is 8.18. The first-order valence-corrected chi connectivity index (χ1v) is 11.0. The predicted octanol–water partition coefficient (Wildman–Crippen LogP) is 5.47. The molecule has 0 saturated carbocycles. The Bertz CT molecular complexity index is 1000. The smallest absolute Gasteiger partial charge is 0.227 e. The van der Waals surface area contributed by atoms with E-state index in [1.54, 1.807) is 25.3 Å². The van der Waals surface area contributed by atoms with Crippen molar-refractivity contribution in [2.75, 3.05) is 12.4 Å². The molecule has 0 fully saturated rings. The van der Waals surface area contributed by atoms with Gasteiger partial charge in [0.25, 0.3) is 0 Å². The predicted molar refractivity (Wildman–Crippen MR) is 125 cm³/mol. The lowest BCUT2D eigenvalue weighted by Crippen LogP contribution is -2.30. The Labute approximate surface area is 184 Å². The van der Waals surface area contributed by atoms with Gasteiger partial charge in [-0.1, -0.05) is 32.0 Å². The molecule has 0 aliphatic carbocycles. The maximum atomic E-state index is 13.1. The van der Waals surface area contributed by atoms with Gasteiger partial charge in [-0.15, -0.1) is 0 Å². The summed E-state index contributed by atoms with van der Waals surface area (Å²) in [6.07, 6.45) is 2.61. The molecule has 0 unspecified atom stereocenters. The summed E-state index contributed by atoms with van der Waals surface area (Å²) in [6, 6.07) is 13.1. The van der Waals surface area contributed by atoms with Crippen molar-refractivity contribution in [3.05, 3.63) is 59.2 Å². The zero-order valence-electron chi connectivity index (χ0n) is 19.1. The first kappa shape index (κ1) is 22.7. The molecule has 0 spiro atoms. The summed E-state index contributed by atoms with van der Waals surface area (Å²) in [5.41, 5.74) is 3.89. The van der Waals surface area contributed by atoms with Crippen molar-refractivity contribution < 1.29 is 14.3 Å². The molecule has 5 heteroatoms. The van der Waals surface area contributed by atoms with Gasteiger partial charge >= 0.3 is 0 Å². The molecule has 1 N–H and O–H groups in total. The van der Waals surface area contributed by atoms with Crippen LogP contribution in [-0.2, 0) is 11.2 Å². The van der Waals surface area contributed by atoms with Crippen LogP contribution in [0.15, 0.2) is 47.5 Å². The number of aliphatic imine (C=N–C) groups is 1. The molecular formula is C26H32N2O3. The second-order valence-electron chi connectivity index (χ2n) is 8.75. The topological polar surface area (TPSA) is 67.8 Å². The van der Waals surface area contributed by atoms with Crippen molar-refractivity contribution in [3.8, 4) is 5.75 Å². The van der Waals surface area contributed by atoms with Gasteiger partial charge in [-0.3, -0.25) is 14.6 Å². The van der Waals surface area contributed by atoms with E-state index in [9.17, 15) is 9.59 Å². The van der Waals surface area contributed by atoms with E-state index in [-0.39, 0.29) is 29.6 Å². The highest BCUT2D eigenvalue weighted by molar-refractivity contribution is 6.17. The molecule has 31 heavy (non-hydrogen) atoms. The van der Waals surface area contributed by atoms with Gasteiger partial charge in [0.05, 0.1) is 24.8 Å². The Morgan fingerprint density at radius 1 is 1.13 bits per heavy atom. The third kappa shape index (κ3) is 5.40. The molecule has 5 nitrogen and oxygen atoms in total. The summed E-state index contributed by atoms with van der Waals surface area (Å²) in [5, 5.41) is 2.95. The Hall–Kier alpha value is -2.95. The van der Waals surface area contributed by atoms with E-state index in [0.29, 0.717) is 11.3 Å². The fourth-order valence-corrected chi connectivity index (χ4v) is 4.10. The van der Waals surface area contributed by atoms with E-state index < -0.39 is 0 Å². The van der Waals surface area contributed by atoms with Crippen molar-refractivity contribution in [1.82, 2.24) is 0 Å². The molecule has 0 bridgehead atoms. The largest absolute Gasteiger partial charge is 0.497 e. The van der Waals surface area contributed by atoms with E-state index in [1.807, 2.05) is 32.0 Å². The third-order valence-corrected chi connectivity index (χ3v) is 5.83. The highest BCUT2D eigenvalue weighted by Gasteiger charge is 2.28. The van der Waals surface area contributed by atoms with Gasteiger partial charge in [0, 0.05) is 22.7 Å². The minimum absolute atomic E-state index is 0.00553. The van der Waals surface area contributed by atoms with Gasteiger partial charge in [-0.2, -0.15) is 0 Å². The Kier molecular flexibility index (Phi) is 6.94. The number of ether oxygens (including phenoxy) is 1. The van der Waals surface area contributed by atoms with Crippen molar-refractivity contribution in [1.29, 1.82) is 0 Å². The Morgan fingerprint density at radius 3 is 2.55 bits per heavy atom. The highest BCUT2D eigenvalue weighted by atomic mass is 16.5. The van der Waals surface area contributed by atoms with Gasteiger partial charge < -0.3 is 10.1 Å². The summed E-state index contributed by atoms with van der Waals surface area (Å²) in [4.78, 5) is 30.4. The molecule has 1 amide bonds. The molecule has 1 aliphatic heterocycles. The normalized spacial score (nSPS) is 14.6. The minimum atomic E-state index is -0.262. The molecule has 1 aliphatic rings. The first-order chi connectivity index (χ1) is 14.8. The number of anilines is 1. The lowest BCUT2D eigenvalue weighted by Gasteiger charge is -2.29. The van der Waals surface area contributed by atoms with Gasteiger partial charge in [0.1, 0.15) is 5.75 Å². The van der Waals surface area contributed by atoms with Crippen molar-refractivity contribution in [2.45, 2.75) is 58.9 Å². The molecule has 0 aromatic heterocycles. The number of nitrogens with zero attached hydrogens (tertiary/aromatic N) is 1. The summed E-state index contributed by atoms with van der Waals surface area (Å²) in [5.74, 6) is 0.701. The van der Waals surface area contributed by atoms with Gasteiger partial charge in [0.15, 0.2) is 5.78 Å². The lowest BCUT2D eigenvalue weighted by atomic mass is 9.85. The summed E-state index contributed by atoms with van der Waals surface area (Å²) < 4.78 is 5.38. The number of rotatable bonds is 8. The van der Waals surface area contributed by atoms with Crippen LogP contribution in [0.1, 0.15) is 68.4 Å². The number of hydrogen-bond acceptors (Lipinski definition) is 4. The van der Waals surface area contributed by atoms with E-state index in [4.69, 9.17) is 9.73 Å². The fraction of sp³-hybridized carbons (Fsp3) is 0.423. The van der Waals surface area contributed by atoms with Crippen LogP contribution in [0.5, 0.6) is 5.75 Å². The average molecular weight is 421 g/mol. The number of nitrogens with one attached hydrogen (secondary N) is 1. The maximum absolute atomic E-state index is 13.1. The zero-order chi connectivity index (χ0) is 22.6. The molecule has 0 radical (unpaired) electrons. The molecule has 3 rings (SSSR count). The van der Waals surface area contributed by atoms with Gasteiger partial charge in [-0.05, 0) is 62.9 Å². The summed E-state index contributed by atoms with van der Waals surface area (Å²) in [7, 11) is 1.64. The second kappa shape index (κ2) is 9.46. The number of ketones is 1. The fourth-order valence-electron chi connectivity index (χ4n) is 4.10. The number of benzene rings is 2. The molecule has 164 valence electrons. The van der Waals surface area contributed by atoms with Crippen LogP contribution in [0.25, 0.3) is 0 Å². The molecule has 0 saturated heterocycles. The van der Waals surface area contributed by atoms with E-state index in [0.717, 1.165) is 36.3 Å². The van der Waals surface area contributed by atoms with E-state index in [1.165, 1.54) is 5.56 Å². The van der Waals surface area contributed by atoms with Gasteiger partial charge in [-0.25, -0.2) is 0 Å². The number of carbonyl (C=O) groups excluding carboxylic acids is 2. The number of fused-ring (bicyclic) bond motifs is 1. The monoisotopic (exact) mass is 420 g/mol. The summed E-state index contributed by atoms with van der Waals surface area (Å²) >= 11 is 0. The van der Waals surface area contributed by atoms with Gasteiger partial charge in [0.2, 0.25) is 5.91 Å². The van der Waals surface area contributed by atoms with Crippen LogP contribution in [0.2, 0.25) is 0 Å². The zero-order valence-corrected chi connectivity index (χ0v) is 19.1. The second-order valence-corrected chi connectivity index (χ2v) is 8.75. The van der Waals surface area contributed by atoms with E-state index >= 15 is 0 Å². The molecular weight excluding hydrogens is 388 g/mol. The number of hydrogen-bond donors (Lipinski definition) is 1. The van der Waals surface area contributed by atoms with Crippen molar-refractivity contribution >= 4 is 23.1 Å². The number of carbonyl (C=O) groups is 2. The van der Waals surface area contributed by atoms with Crippen LogP contribution in [0, 0.1) is 5.92 Å². The number of amides is 1. The first-order valence-electron chi connectivity index (χ1n) is 11.0. The molecule has 2 aromatic carbocycles. The van der Waals surface area contributed by atoms with Crippen LogP contribution in [-0.4, -0.2) is 30.1 Å². The van der Waals surface area contributed by atoms with Crippen LogP contribution in [0.3, 0.4) is 0 Å². The number of Topliss-reactive ketones (excluding diaryl/α,β-unsaturated/α-hetero) is 1. The third-order valence-electron chi connectivity index (χ3n) is 5.83. The molecule has 2 aromatic rings. The highest BCUT2D eigenvalue weighted by Crippen LogP contribution is 2.31. The SMILES string of the molecule is CCC(CC)C(=O)Nc1cccc(C(=O)CC2=NC(C)(C)Cc3ccc(OC)cc32)c1. The number of methoxy groups -OCH3 is 1.